The smallest absolute Gasteiger partial charge is 0.161 e. The number of para-hydroxylation sites is 1. The molecule has 31 heavy (non-hydrogen) atoms. The molecule has 0 amide bonds. The van der Waals surface area contributed by atoms with Gasteiger partial charge in [0, 0.05) is 34.7 Å². The molecule has 0 saturated carbocycles. The Morgan fingerprint density at radius 2 is 1.87 bits per heavy atom. The van der Waals surface area contributed by atoms with Gasteiger partial charge in [-0.05, 0) is 51.8 Å². The number of anilines is 1. The third kappa shape index (κ3) is 3.25. The van der Waals surface area contributed by atoms with E-state index in [9.17, 15) is 4.79 Å². The number of carbonyl (C=O) groups excluding carboxylic acids is 1. The van der Waals surface area contributed by atoms with Crippen molar-refractivity contribution in [3.8, 4) is 11.4 Å². The fraction of sp³-hybridized carbons (Fsp3) is 0.308. The third-order valence-corrected chi connectivity index (χ3v) is 6.22. The van der Waals surface area contributed by atoms with E-state index in [0.717, 1.165) is 58.2 Å². The summed E-state index contributed by atoms with van der Waals surface area (Å²) < 4.78 is 7.96. The van der Waals surface area contributed by atoms with Crippen molar-refractivity contribution in [3.05, 3.63) is 82.2 Å². The maximum Gasteiger partial charge on any atom is 0.161 e. The number of aryl methyl sites for hydroxylation is 2. The summed E-state index contributed by atoms with van der Waals surface area (Å²) in [6.45, 7) is 6.68. The van der Waals surface area contributed by atoms with Gasteiger partial charge in [-0.2, -0.15) is 5.10 Å². The maximum atomic E-state index is 13.2. The summed E-state index contributed by atoms with van der Waals surface area (Å²) in [7, 11) is 0. The number of hydrogen-bond acceptors (Lipinski definition) is 4. The van der Waals surface area contributed by atoms with Crippen molar-refractivity contribution in [1.82, 2.24) is 9.78 Å². The van der Waals surface area contributed by atoms with E-state index in [1.165, 1.54) is 5.56 Å². The molecular weight excluding hydrogens is 386 g/mol. The first-order valence-electron chi connectivity index (χ1n) is 11.0. The number of ketones is 1. The molecule has 1 atom stereocenters. The number of fused-ring (bicyclic) bond motifs is 1. The van der Waals surface area contributed by atoms with Gasteiger partial charge in [-0.25, -0.2) is 4.68 Å². The lowest BCUT2D eigenvalue weighted by molar-refractivity contribution is -0.116. The van der Waals surface area contributed by atoms with Crippen molar-refractivity contribution in [1.29, 1.82) is 0 Å². The maximum absolute atomic E-state index is 13.2. The van der Waals surface area contributed by atoms with Gasteiger partial charge in [0.15, 0.2) is 5.78 Å². The van der Waals surface area contributed by atoms with Crippen LogP contribution in [0.3, 0.4) is 0 Å². The molecule has 0 saturated heterocycles. The zero-order valence-electron chi connectivity index (χ0n) is 18.2. The van der Waals surface area contributed by atoms with Gasteiger partial charge >= 0.3 is 0 Å². The Labute approximate surface area is 182 Å². The second kappa shape index (κ2) is 7.73. The van der Waals surface area contributed by atoms with E-state index in [4.69, 9.17) is 9.84 Å². The molecule has 1 aromatic heterocycles. The molecule has 0 spiro atoms. The second-order valence-electron chi connectivity index (χ2n) is 8.29. The molecule has 1 N–H and O–H groups in total. The van der Waals surface area contributed by atoms with Crippen LogP contribution in [0.25, 0.3) is 5.69 Å². The van der Waals surface area contributed by atoms with Gasteiger partial charge < -0.3 is 10.1 Å². The van der Waals surface area contributed by atoms with Gasteiger partial charge in [0.05, 0.1) is 18.0 Å². The first-order chi connectivity index (χ1) is 15.1. The van der Waals surface area contributed by atoms with Gasteiger partial charge in [0.25, 0.3) is 0 Å². The van der Waals surface area contributed by atoms with E-state index in [2.05, 4.69) is 42.6 Å². The molecule has 158 valence electrons. The predicted molar refractivity (Wildman–Crippen MR) is 122 cm³/mol. The molecule has 5 rings (SSSR count). The van der Waals surface area contributed by atoms with Gasteiger partial charge in [0.1, 0.15) is 11.6 Å². The standard InChI is InChI=1S/C26H27N3O2/c1-4-31-22-11-6-5-8-19(22)24-23-17(3)28-29(18-14-12-16(2)13-15-18)26(23)27-20-9-7-10-21(30)25(20)24/h5-6,8,11-15,24,27H,4,7,9-10H2,1-3H3/t24-/m1/s1. The Bertz CT molecular complexity index is 1190. The Kier molecular flexibility index (Phi) is 4.89. The Hall–Kier alpha value is -3.34. The molecule has 2 aliphatic rings. The second-order valence-corrected chi connectivity index (χ2v) is 8.29. The largest absolute Gasteiger partial charge is 0.494 e. The minimum atomic E-state index is -0.180. The monoisotopic (exact) mass is 413 g/mol. The highest BCUT2D eigenvalue weighted by Crippen LogP contribution is 2.49. The van der Waals surface area contributed by atoms with Crippen molar-refractivity contribution in [2.24, 2.45) is 0 Å². The predicted octanol–water partition coefficient (Wildman–Crippen LogP) is 5.45. The highest BCUT2D eigenvalue weighted by Gasteiger charge is 2.39. The number of allylic oxidation sites excluding steroid dienone is 2. The number of nitrogens with one attached hydrogen (secondary N) is 1. The van der Waals surface area contributed by atoms with Crippen LogP contribution in [0.2, 0.25) is 0 Å². The average Bonchev–Trinajstić information content (AvgIpc) is 3.10. The lowest BCUT2D eigenvalue weighted by atomic mass is 9.76. The van der Waals surface area contributed by atoms with E-state index >= 15 is 0 Å². The summed E-state index contributed by atoms with van der Waals surface area (Å²) in [5.74, 6) is 1.82. The number of carbonyl (C=O) groups is 1. The van der Waals surface area contributed by atoms with Crippen molar-refractivity contribution >= 4 is 11.6 Å². The molecule has 3 aromatic rings. The fourth-order valence-electron chi connectivity index (χ4n) is 4.81. The summed E-state index contributed by atoms with van der Waals surface area (Å²) in [5.41, 5.74) is 7.12. The molecule has 2 aromatic carbocycles. The van der Waals surface area contributed by atoms with E-state index in [1.807, 2.05) is 36.7 Å². The number of rotatable bonds is 4. The topological polar surface area (TPSA) is 56.1 Å². The minimum Gasteiger partial charge on any atom is -0.494 e. The van der Waals surface area contributed by atoms with Crippen LogP contribution < -0.4 is 10.1 Å². The number of benzene rings is 2. The minimum absolute atomic E-state index is 0.180. The van der Waals surface area contributed by atoms with Gasteiger partial charge in [-0.15, -0.1) is 0 Å². The number of nitrogens with zero attached hydrogens (tertiary/aromatic N) is 2. The number of ether oxygens (including phenoxy) is 1. The van der Waals surface area contributed by atoms with E-state index in [-0.39, 0.29) is 11.7 Å². The van der Waals surface area contributed by atoms with Crippen LogP contribution >= 0.6 is 0 Å². The quantitative estimate of drug-likeness (QED) is 0.618. The first kappa shape index (κ1) is 19.6. The fourth-order valence-corrected chi connectivity index (χ4v) is 4.81. The molecule has 0 unspecified atom stereocenters. The van der Waals surface area contributed by atoms with Crippen LogP contribution in [0, 0.1) is 13.8 Å². The van der Waals surface area contributed by atoms with E-state index < -0.39 is 0 Å². The zero-order chi connectivity index (χ0) is 21.5. The van der Waals surface area contributed by atoms with Gasteiger partial charge in [0.2, 0.25) is 0 Å². The lowest BCUT2D eigenvalue weighted by Gasteiger charge is -2.33. The number of hydrogen-bond donors (Lipinski definition) is 1. The lowest BCUT2D eigenvalue weighted by Crippen LogP contribution is -2.27. The van der Waals surface area contributed by atoms with Crippen LogP contribution in [0.15, 0.2) is 59.8 Å². The summed E-state index contributed by atoms with van der Waals surface area (Å²) in [4.78, 5) is 13.2. The molecule has 1 aliphatic carbocycles. The molecule has 0 bridgehead atoms. The van der Waals surface area contributed by atoms with Crippen LogP contribution in [-0.2, 0) is 4.79 Å². The zero-order valence-corrected chi connectivity index (χ0v) is 18.2. The van der Waals surface area contributed by atoms with Crippen molar-refractivity contribution in [2.75, 3.05) is 11.9 Å². The van der Waals surface area contributed by atoms with Crippen LogP contribution in [0.4, 0.5) is 5.82 Å². The van der Waals surface area contributed by atoms with Crippen LogP contribution in [-0.4, -0.2) is 22.2 Å². The normalized spacial score (nSPS) is 17.8. The van der Waals surface area contributed by atoms with Crippen molar-refractivity contribution < 1.29 is 9.53 Å². The average molecular weight is 414 g/mol. The Morgan fingerprint density at radius 1 is 1.10 bits per heavy atom. The summed E-state index contributed by atoms with van der Waals surface area (Å²) in [6, 6.07) is 16.4. The van der Waals surface area contributed by atoms with Crippen molar-refractivity contribution in [3.63, 3.8) is 0 Å². The number of Topliss-reactive ketones (excluding diaryl/α,β-unsaturated/α-hetero) is 1. The Balaban J connectivity index is 1.75. The van der Waals surface area contributed by atoms with Gasteiger partial charge in [-0.3, -0.25) is 4.79 Å². The van der Waals surface area contributed by atoms with Crippen molar-refractivity contribution in [2.45, 2.75) is 46.0 Å². The molecule has 2 heterocycles. The SMILES string of the molecule is CCOc1ccccc1[C@H]1C2=C(CCCC2=O)Nc2c1c(C)nn2-c1ccc(C)cc1. The van der Waals surface area contributed by atoms with E-state index in [0.29, 0.717) is 13.0 Å². The van der Waals surface area contributed by atoms with Gasteiger partial charge in [-0.1, -0.05) is 35.9 Å². The highest BCUT2D eigenvalue weighted by atomic mass is 16.5. The molecular formula is C26H27N3O2. The molecule has 5 heteroatoms. The molecule has 0 radical (unpaired) electrons. The highest BCUT2D eigenvalue weighted by molar-refractivity contribution is 6.01. The van der Waals surface area contributed by atoms with Crippen LogP contribution in [0.1, 0.15) is 54.5 Å². The third-order valence-electron chi connectivity index (χ3n) is 6.22. The van der Waals surface area contributed by atoms with E-state index in [1.54, 1.807) is 0 Å². The van der Waals surface area contributed by atoms with Crippen LogP contribution in [0.5, 0.6) is 5.75 Å². The molecule has 0 fully saturated rings. The molecule has 1 aliphatic heterocycles. The Morgan fingerprint density at radius 3 is 2.65 bits per heavy atom. The summed E-state index contributed by atoms with van der Waals surface area (Å²) in [6.07, 6.45) is 2.33. The first-order valence-corrected chi connectivity index (χ1v) is 11.0. The molecule has 5 nitrogen and oxygen atoms in total. The summed E-state index contributed by atoms with van der Waals surface area (Å²) in [5, 5.41) is 8.50. The number of aromatic nitrogens is 2. The summed E-state index contributed by atoms with van der Waals surface area (Å²) >= 11 is 0.